The fraction of sp³-hybridized carbons (Fsp3) is 0.167. The van der Waals surface area contributed by atoms with Crippen LogP contribution in [0.2, 0.25) is 0 Å². The van der Waals surface area contributed by atoms with Crippen molar-refractivity contribution in [1.82, 2.24) is 0 Å². The fourth-order valence-electron chi connectivity index (χ4n) is 1.33. The van der Waals surface area contributed by atoms with E-state index in [2.05, 4.69) is 0 Å². The molecule has 0 atom stereocenters. The summed E-state index contributed by atoms with van der Waals surface area (Å²) in [7, 11) is 0. The average molecular weight is 220 g/mol. The summed E-state index contributed by atoms with van der Waals surface area (Å²) >= 11 is 0. The number of benzene rings is 1. The van der Waals surface area contributed by atoms with Crippen molar-refractivity contribution in [3.63, 3.8) is 0 Å². The van der Waals surface area contributed by atoms with Crippen LogP contribution >= 0.6 is 0 Å². The van der Waals surface area contributed by atoms with E-state index in [9.17, 15) is 14.7 Å². The Bertz CT molecular complexity index is 432. The van der Waals surface area contributed by atoms with Crippen molar-refractivity contribution in [2.75, 3.05) is 0 Å². The zero-order valence-electron chi connectivity index (χ0n) is 8.80. The lowest BCUT2D eigenvalue weighted by atomic mass is 10.0. The highest BCUT2D eigenvalue weighted by Gasteiger charge is 2.20. The van der Waals surface area contributed by atoms with Gasteiger partial charge < -0.3 is 10.2 Å². The molecular formula is C12H12O4. The van der Waals surface area contributed by atoms with Gasteiger partial charge in [-0.1, -0.05) is 37.3 Å². The third-order valence-corrected chi connectivity index (χ3v) is 2.15. The summed E-state index contributed by atoms with van der Waals surface area (Å²) in [6.07, 6.45) is 0.172. The van der Waals surface area contributed by atoms with Crippen LogP contribution in [0.15, 0.2) is 35.9 Å². The molecule has 0 aromatic heterocycles. The number of carbonyl (C=O) groups is 2. The van der Waals surface area contributed by atoms with E-state index >= 15 is 0 Å². The minimum atomic E-state index is -1.56. The summed E-state index contributed by atoms with van der Waals surface area (Å²) in [6.45, 7) is 1.62. The first-order valence-electron chi connectivity index (χ1n) is 4.83. The molecule has 0 fully saturated rings. The van der Waals surface area contributed by atoms with E-state index in [1.54, 1.807) is 37.3 Å². The lowest BCUT2D eigenvalue weighted by Crippen LogP contribution is -2.16. The molecule has 0 bridgehead atoms. The molecule has 1 aromatic carbocycles. The first-order chi connectivity index (χ1) is 7.57. The maximum atomic E-state index is 11.3. The van der Waals surface area contributed by atoms with Crippen LogP contribution in [0.25, 0.3) is 5.76 Å². The van der Waals surface area contributed by atoms with Crippen molar-refractivity contribution in [2.45, 2.75) is 13.3 Å². The van der Waals surface area contributed by atoms with E-state index in [4.69, 9.17) is 5.11 Å². The monoisotopic (exact) mass is 220 g/mol. The normalized spacial score (nSPS) is 11.8. The third-order valence-electron chi connectivity index (χ3n) is 2.15. The fourth-order valence-corrected chi connectivity index (χ4v) is 1.33. The number of ketones is 1. The molecule has 0 saturated heterocycles. The quantitative estimate of drug-likeness (QED) is 0.462. The zero-order chi connectivity index (χ0) is 12.1. The van der Waals surface area contributed by atoms with Crippen molar-refractivity contribution in [3.8, 4) is 0 Å². The molecular weight excluding hydrogens is 208 g/mol. The van der Waals surface area contributed by atoms with Gasteiger partial charge in [0.1, 0.15) is 5.76 Å². The lowest BCUT2D eigenvalue weighted by molar-refractivity contribution is -0.147. The SMILES string of the molecule is CCC(C(=O)C(=O)O)=C(O)c1ccccc1. The maximum Gasteiger partial charge on any atom is 0.377 e. The summed E-state index contributed by atoms with van der Waals surface area (Å²) in [5.74, 6) is -2.89. The van der Waals surface area contributed by atoms with Crippen molar-refractivity contribution < 1.29 is 19.8 Å². The molecule has 0 aliphatic rings. The number of carboxylic acids is 1. The van der Waals surface area contributed by atoms with Gasteiger partial charge in [-0.3, -0.25) is 4.79 Å². The molecule has 0 spiro atoms. The zero-order valence-corrected chi connectivity index (χ0v) is 8.80. The van der Waals surface area contributed by atoms with Crippen LogP contribution in [0.3, 0.4) is 0 Å². The molecule has 4 heteroatoms. The van der Waals surface area contributed by atoms with Gasteiger partial charge in [-0.2, -0.15) is 0 Å². The minimum Gasteiger partial charge on any atom is -0.507 e. The van der Waals surface area contributed by atoms with Crippen molar-refractivity contribution in [1.29, 1.82) is 0 Å². The highest BCUT2D eigenvalue weighted by molar-refractivity contribution is 6.40. The second kappa shape index (κ2) is 5.11. The summed E-state index contributed by atoms with van der Waals surface area (Å²) in [5, 5.41) is 18.4. The number of hydrogen-bond acceptors (Lipinski definition) is 3. The Hall–Kier alpha value is -2.10. The largest absolute Gasteiger partial charge is 0.507 e. The molecule has 0 heterocycles. The maximum absolute atomic E-state index is 11.3. The van der Waals surface area contributed by atoms with E-state index in [1.165, 1.54) is 0 Å². The number of hydrogen-bond donors (Lipinski definition) is 2. The van der Waals surface area contributed by atoms with Gasteiger partial charge in [0.05, 0.1) is 0 Å². The molecule has 84 valence electrons. The van der Waals surface area contributed by atoms with Crippen LogP contribution in [-0.2, 0) is 9.59 Å². The molecule has 1 aromatic rings. The predicted octanol–water partition coefficient (Wildman–Crippen LogP) is 2.02. The molecule has 0 aliphatic carbocycles. The lowest BCUT2D eigenvalue weighted by Gasteiger charge is -2.05. The van der Waals surface area contributed by atoms with Crippen LogP contribution in [0, 0.1) is 0 Å². The van der Waals surface area contributed by atoms with Gasteiger partial charge in [-0.25, -0.2) is 4.79 Å². The number of aliphatic carboxylic acids is 1. The number of aliphatic hydroxyl groups excluding tert-OH is 1. The standard InChI is InChI=1S/C12H12O4/c1-2-9(11(14)12(15)16)10(13)8-6-4-3-5-7-8/h3-7,13H,2H2,1H3,(H,15,16). The Kier molecular flexibility index (Phi) is 3.83. The second-order valence-corrected chi connectivity index (χ2v) is 3.18. The minimum absolute atomic E-state index is 0.0845. The van der Waals surface area contributed by atoms with Crippen molar-refractivity contribution in [3.05, 3.63) is 41.5 Å². The number of Topliss-reactive ketones (excluding diaryl/α,β-unsaturated/α-hetero) is 1. The van der Waals surface area contributed by atoms with Crippen molar-refractivity contribution >= 4 is 17.5 Å². The smallest absolute Gasteiger partial charge is 0.377 e. The number of aliphatic hydroxyl groups is 1. The highest BCUT2D eigenvalue weighted by Crippen LogP contribution is 2.18. The third kappa shape index (κ3) is 2.48. The van der Waals surface area contributed by atoms with Gasteiger partial charge in [-0.05, 0) is 6.42 Å². The van der Waals surface area contributed by atoms with E-state index in [0.717, 1.165) is 0 Å². The molecule has 1 rings (SSSR count). The summed E-state index contributed by atoms with van der Waals surface area (Å²) in [4.78, 5) is 21.8. The Morgan fingerprint density at radius 2 is 1.69 bits per heavy atom. The van der Waals surface area contributed by atoms with Crippen LogP contribution in [0.4, 0.5) is 0 Å². The van der Waals surface area contributed by atoms with Crippen LogP contribution in [-0.4, -0.2) is 22.0 Å². The van der Waals surface area contributed by atoms with E-state index < -0.39 is 11.8 Å². The molecule has 0 radical (unpaired) electrons. The first kappa shape index (κ1) is 12.0. The van der Waals surface area contributed by atoms with Gasteiger partial charge in [0.2, 0.25) is 0 Å². The molecule has 0 amide bonds. The molecule has 0 saturated carbocycles. The summed E-state index contributed by atoms with van der Waals surface area (Å²) in [6, 6.07) is 8.38. The molecule has 0 unspecified atom stereocenters. The molecule has 0 aliphatic heterocycles. The van der Waals surface area contributed by atoms with Crippen molar-refractivity contribution in [2.24, 2.45) is 0 Å². The van der Waals surface area contributed by atoms with Gasteiger partial charge >= 0.3 is 5.97 Å². The van der Waals surface area contributed by atoms with E-state index in [-0.39, 0.29) is 17.8 Å². The highest BCUT2D eigenvalue weighted by atomic mass is 16.4. The van der Waals surface area contributed by atoms with Crippen LogP contribution < -0.4 is 0 Å². The predicted molar refractivity (Wildman–Crippen MR) is 58.9 cm³/mol. The first-order valence-corrected chi connectivity index (χ1v) is 4.83. The number of rotatable bonds is 4. The Morgan fingerprint density at radius 1 is 1.12 bits per heavy atom. The average Bonchev–Trinajstić information content (AvgIpc) is 2.30. The molecule has 16 heavy (non-hydrogen) atoms. The van der Waals surface area contributed by atoms with E-state index in [1.807, 2.05) is 0 Å². The number of carboxylic acid groups (broad SMARTS) is 1. The van der Waals surface area contributed by atoms with Gasteiger partial charge in [0, 0.05) is 11.1 Å². The summed E-state index contributed by atoms with van der Waals surface area (Å²) < 4.78 is 0. The van der Waals surface area contributed by atoms with Gasteiger partial charge in [0.25, 0.3) is 5.78 Å². The molecule has 2 N–H and O–H groups in total. The Morgan fingerprint density at radius 3 is 2.12 bits per heavy atom. The van der Waals surface area contributed by atoms with Gasteiger partial charge in [-0.15, -0.1) is 0 Å². The summed E-state index contributed by atoms with van der Waals surface area (Å²) in [5.41, 5.74) is 0.354. The second-order valence-electron chi connectivity index (χ2n) is 3.18. The van der Waals surface area contributed by atoms with E-state index in [0.29, 0.717) is 5.56 Å². The van der Waals surface area contributed by atoms with Crippen LogP contribution in [0.5, 0.6) is 0 Å². The Balaban J connectivity index is 3.20. The molecule has 4 nitrogen and oxygen atoms in total. The van der Waals surface area contributed by atoms with Crippen LogP contribution in [0.1, 0.15) is 18.9 Å². The van der Waals surface area contributed by atoms with Gasteiger partial charge in [0.15, 0.2) is 0 Å². The Labute approximate surface area is 92.8 Å². The number of carbonyl (C=O) groups excluding carboxylic acids is 1. The topological polar surface area (TPSA) is 74.6 Å².